The van der Waals surface area contributed by atoms with Gasteiger partial charge in [0.2, 0.25) is 0 Å². The zero-order valence-corrected chi connectivity index (χ0v) is 26.9. The molecule has 0 atom stereocenters. The highest BCUT2D eigenvalue weighted by atomic mass is 32.1. The van der Waals surface area contributed by atoms with E-state index < -0.39 is 0 Å². The molecule has 9 aromatic carbocycles. The van der Waals surface area contributed by atoms with E-state index in [9.17, 15) is 0 Å². The van der Waals surface area contributed by atoms with Gasteiger partial charge in [0.05, 0.1) is 5.69 Å². The topological polar surface area (TPSA) is 3.24 Å². The van der Waals surface area contributed by atoms with Crippen molar-refractivity contribution in [1.29, 1.82) is 0 Å². The number of thiophene rings is 1. The van der Waals surface area contributed by atoms with Gasteiger partial charge in [-0.15, -0.1) is 11.3 Å². The second-order valence-electron chi connectivity index (χ2n) is 12.5. The van der Waals surface area contributed by atoms with Gasteiger partial charge in [0.1, 0.15) is 0 Å². The number of hydrogen-bond donors (Lipinski definition) is 0. The first kappa shape index (κ1) is 27.2. The first-order valence-corrected chi connectivity index (χ1v) is 17.2. The van der Waals surface area contributed by atoms with Crippen LogP contribution < -0.4 is 4.90 Å². The van der Waals surface area contributed by atoms with Crippen LogP contribution in [0.4, 0.5) is 17.1 Å². The lowest BCUT2D eigenvalue weighted by Gasteiger charge is -2.28. The van der Waals surface area contributed by atoms with Crippen LogP contribution in [-0.4, -0.2) is 0 Å². The SMILES string of the molecule is c1ccc(-c2ccc(N(c3ccc4ccc5sc6ccccc6c5c4c3)c3cc4ccc5ccccc5c4c4ccccc34)cc2)cc1. The van der Waals surface area contributed by atoms with Crippen LogP contribution in [0.3, 0.4) is 0 Å². The molecule has 1 heterocycles. The Bertz CT molecular complexity index is 2830. The number of anilines is 3. The molecular weight excluding hydrogens is 599 g/mol. The Morgan fingerprint density at radius 2 is 0.938 bits per heavy atom. The first-order valence-electron chi connectivity index (χ1n) is 16.4. The van der Waals surface area contributed by atoms with Crippen molar-refractivity contribution in [3.05, 3.63) is 176 Å². The summed E-state index contributed by atoms with van der Waals surface area (Å²) in [6, 6.07) is 64.6. The van der Waals surface area contributed by atoms with Crippen LogP contribution in [0, 0.1) is 0 Å². The molecule has 0 amide bonds. The van der Waals surface area contributed by atoms with E-state index >= 15 is 0 Å². The third-order valence-electron chi connectivity index (χ3n) is 9.80. The van der Waals surface area contributed by atoms with E-state index in [0.717, 1.165) is 11.4 Å². The minimum absolute atomic E-state index is 1.13. The van der Waals surface area contributed by atoms with Gasteiger partial charge >= 0.3 is 0 Å². The van der Waals surface area contributed by atoms with Crippen molar-refractivity contribution in [3.63, 3.8) is 0 Å². The summed E-state index contributed by atoms with van der Waals surface area (Å²) in [5.74, 6) is 0. The third kappa shape index (κ3) is 4.24. The van der Waals surface area contributed by atoms with Crippen LogP contribution in [0.25, 0.3) is 74.4 Å². The molecule has 224 valence electrons. The Morgan fingerprint density at radius 1 is 0.333 bits per heavy atom. The first-order chi connectivity index (χ1) is 23.8. The van der Waals surface area contributed by atoms with Crippen LogP contribution in [0.2, 0.25) is 0 Å². The summed E-state index contributed by atoms with van der Waals surface area (Å²) in [5.41, 5.74) is 5.86. The van der Waals surface area contributed by atoms with Crippen LogP contribution in [0.15, 0.2) is 176 Å². The lowest BCUT2D eigenvalue weighted by atomic mass is 9.94. The van der Waals surface area contributed by atoms with Gasteiger partial charge in [-0.1, -0.05) is 133 Å². The summed E-state index contributed by atoms with van der Waals surface area (Å²) in [7, 11) is 0. The predicted octanol–water partition coefficient (Wildman–Crippen LogP) is 13.8. The van der Waals surface area contributed by atoms with Crippen molar-refractivity contribution in [3.8, 4) is 11.1 Å². The maximum atomic E-state index is 2.46. The van der Waals surface area contributed by atoms with Gasteiger partial charge in [-0.25, -0.2) is 0 Å². The largest absolute Gasteiger partial charge is 0.310 e. The average Bonchev–Trinajstić information content (AvgIpc) is 3.55. The fourth-order valence-electron chi connectivity index (χ4n) is 7.57. The average molecular weight is 628 g/mol. The van der Waals surface area contributed by atoms with Crippen molar-refractivity contribution in [2.45, 2.75) is 0 Å². The fraction of sp³-hybridized carbons (Fsp3) is 0. The number of hydrogen-bond acceptors (Lipinski definition) is 2. The monoisotopic (exact) mass is 627 g/mol. The zero-order chi connectivity index (χ0) is 31.6. The number of rotatable bonds is 4. The molecule has 2 heteroatoms. The van der Waals surface area contributed by atoms with E-state index in [0.29, 0.717) is 0 Å². The molecule has 0 spiro atoms. The molecule has 0 N–H and O–H groups in total. The molecule has 0 saturated heterocycles. The van der Waals surface area contributed by atoms with Gasteiger partial charge in [0, 0.05) is 36.9 Å². The zero-order valence-electron chi connectivity index (χ0n) is 26.1. The molecule has 0 radical (unpaired) electrons. The van der Waals surface area contributed by atoms with Gasteiger partial charge in [0.15, 0.2) is 0 Å². The van der Waals surface area contributed by atoms with E-state index in [2.05, 4.69) is 181 Å². The van der Waals surface area contributed by atoms with Gasteiger partial charge in [-0.2, -0.15) is 0 Å². The summed E-state index contributed by atoms with van der Waals surface area (Å²) in [6.45, 7) is 0. The smallest absolute Gasteiger partial charge is 0.0546 e. The van der Waals surface area contributed by atoms with Crippen LogP contribution in [-0.2, 0) is 0 Å². The standard InChI is InChI=1S/C46H29NS/c1-2-10-30(11-3-1)31-20-24-35(25-21-31)47(36-26-22-33-23-27-44-46(41(33)29-36)40-16-8-9-17-43(40)48-44)42-28-34-19-18-32-12-4-5-13-37(32)45(34)39-15-7-6-14-38(39)42/h1-29H. The Labute approximate surface area is 282 Å². The molecule has 0 bridgehead atoms. The number of nitrogens with zero attached hydrogens (tertiary/aromatic N) is 1. The van der Waals surface area contributed by atoms with Gasteiger partial charge in [0.25, 0.3) is 0 Å². The highest BCUT2D eigenvalue weighted by Gasteiger charge is 2.20. The summed E-state index contributed by atoms with van der Waals surface area (Å²) >= 11 is 1.87. The second-order valence-corrected chi connectivity index (χ2v) is 13.6. The van der Waals surface area contributed by atoms with E-state index in [-0.39, 0.29) is 0 Å². The van der Waals surface area contributed by atoms with Crippen LogP contribution in [0.1, 0.15) is 0 Å². The Balaban J connectivity index is 1.27. The quantitative estimate of drug-likeness (QED) is 0.176. The van der Waals surface area contributed by atoms with Gasteiger partial charge < -0.3 is 4.90 Å². The normalized spacial score (nSPS) is 11.8. The van der Waals surface area contributed by atoms with Crippen molar-refractivity contribution >= 4 is 91.7 Å². The maximum Gasteiger partial charge on any atom is 0.0546 e. The third-order valence-corrected chi connectivity index (χ3v) is 10.9. The van der Waals surface area contributed by atoms with Crippen molar-refractivity contribution in [2.24, 2.45) is 0 Å². The Kier molecular flexibility index (Phi) is 6.12. The molecule has 0 saturated carbocycles. The highest BCUT2D eigenvalue weighted by molar-refractivity contribution is 7.26. The predicted molar refractivity (Wildman–Crippen MR) is 209 cm³/mol. The van der Waals surface area contributed by atoms with Gasteiger partial charge in [-0.3, -0.25) is 0 Å². The molecule has 1 aromatic heterocycles. The van der Waals surface area contributed by atoms with E-state index in [4.69, 9.17) is 0 Å². The Morgan fingerprint density at radius 3 is 1.79 bits per heavy atom. The minimum atomic E-state index is 1.13. The fourth-order valence-corrected chi connectivity index (χ4v) is 8.70. The van der Waals surface area contributed by atoms with E-state index in [1.165, 1.54) is 80.1 Å². The number of benzene rings is 9. The molecule has 48 heavy (non-hydrogen) atoms. The molecule has 0 aliphatic rings. The molecule has 0 aliphatic heterocycles. The Hall–Kier alpha value is -5.96. The molecule has 0 fully saturated rings. The molecule has 10 aromatic rings. The highest BCUT2D eigenvalue weighted by Crippen LogP contribution is 2.46. The summed E-state index contributed by atoms with van der Waals surface area (Å²) in [4.78, 5) is 2.46. The van der Waals surface area contributed by atoms with Crippen molar-refractivity contribution in [2.75, 3.05) is 4.90 Å². The number of fused-ring (bicyclic) bond motifs is 10. The maximum absolute atomic E-state index is 2.46. The minimum Gasteiger partial charge on any atom is -0.310 e. The summed E-state index contributed by atoms with van der Waals surface area (Å²) in [6.07, 6.45) is 0. The lowest BCUT2D eigenvalue weighted by molar-refractivity contribution is 1.31. The lowest BCUT2D eigenvalue weighted by Crippen LogP contribution is -2.10. The molecule has 0 aliphatic carbocycles. The molecule has 10 rings (SSSR count). The van der Waals surface area contributed by atoms with Crippen LogP contribution in [0.5, 0.6) is 0 Å². The summed E-state index contributed by atoms with van der Waals surface area (Å²) in [5, 5.41) is 12.8. The molecule has 1 nitrogen and oxygen atoms in total. The molecule has 0 unspecified atom stereocenters. The van der Waals surface area contributed by atoms with Gasteiger partial charge in [-0.05, 0) is 91.3 Å². The second kappa shape index (κ2) is 10.8. The van der Waals surface area contributed by atoms with Crippen molar-refractivity contribution < 1.29 is 0 Å². The van der Waals surface area contributed by atoms with E-state index in [1.54, 1.807) is 0 Å². The van der Waals surface area contributed by atoms with Crippen LogP contribution >= 0.6 is 11.3 Å². The molecular formula is C46H29NS. The van der Waals surface area contributed by atoms with E-state index in [1.807, 2.05) is 11.3 Å². The van der Waals surface area contributed by atoms with Crippen molar-refractivity contribution in [1.82, 2.24) is 0 Å². The summed E-state index contributed by atoms with van der Waals surface area (Å²) < 4.78 is 2.65.